The van der Waals surface area contributed by atoms with E-state index < -0.39 is 0 Å². The highest BCUT2D eigenvalue weighted by atomic mass is 35.5. The molecule has 2 rings (SSSR count). The van der Waals surface area contributed by atoms with Crippen molar-refractivity contribution in [2.24, 2.45) is 0 Å². The van der Waals surface area contributed by atoms with Crippen LogP contribution in [0.4, 0.5) is 0 Å². The number of hydrogen-bond donors (Lipinski definition) is 1. The quantitative estimate of drug-likeness (QED) is 0.853. The molecule has 0 radical (unpaired) electrons. The van der Waals surface area contributed by atoms with Gasteiger partial charge in [-0.05, 0) is 25.5 Å². The zero-order valence-electron chi connectivity index (χ0n) is 9.53. The highest BCUT2D eigenvalue weighted by molar-refractivity contribution is 6.44. The van der Waals surface area contributed by atoms with Gasteiger partial charge in [-0.15, -0.1) is 0 Å². The smallest absolute Gasteiger partial charge is 0.0652 e. The van der Waals surface area contributed by atoms with Gasteiger partial charge in [0.15, 0.2) is 0 Å². The van der Waals surface area contributed by atoms with Crippen LogP contribution in [0.1, 0.15) is 18.9 Å². The van der Waals surface area contributed by atoms with Gasteiger partial charge in [0.25, 0.3) is 0 Å². The molecule has 1 aromatic carbocycles. The lowest BCUT2D eigenvalue weighted by atomic mass is 10.0. The maximum Gasteiger partial charge on any atom is 0.0652 e. The fraction of sp³-hybridized carbons (Fsp3) is 0.500. The van der Waals surface area contributed by atoms with Crippen LogP contribution in [0, 0.1) is 0 Å². The summed E-state index contributed by atoms with van der Waals surface area (Å²) >= 11 is 18.2. The third-order valence-corrected chi connectivity index (χ3v) is 4.25. The lowest BCUT2D eigenvalue weighted by Gasteiger charge is -2.24. The van der Waals surface area contributed by atoms with Crippen molar-refractivity contribution in [2.75, 3.05) is 13.2 Å². The largest absolute Gasteiger partial charge is 0.379 e. The molecule has 0 aromatic heterocycles. The predicted molar refractivity (Wildman–Crippen MR) is 72.2 cm³/mol. The molecule has 1 aromatic rings. The van der Waals surface area contributed by atoms with Gasteiger partial charge in [0, 0.05) is 29.3 Å². The molecule has 1 heterocycles. The molecule has 5 heteroatoms. The van der Waals surface area contributed by atoms with Crippen LogP contribution < -0.4 is 5.32 Å². The van der Waals surface area contributed by atoms with Crippen LogP contribution in [0.5, 0.6) is 0 Å². The molecule has 1 aliphatic heterocycles. The third-order valence-electron chi connectivity index (χ3n) is 3.05. The van der Waals surface area contributed by atoms with Gasteiger partial charge in [0.1, 0.15) is 0 Å². The van der Waals surface area contributed by atoms with Crippen molar-refractivity contribution < 1.29 is 4.74 Å². The van der Waals surface area contributed by atoms with Gasteiger partial charge in [0.05, 0.1) is 16.7 Å². The van der Waals surface area contributed by atoms with Crippen molar-refractivity contribution in [1.82, 2.24) is 5.32 Å². The average Bonchev–Trinajstić information content (AvgIpc) is 2.71. The van der Waals surface area contributed by atoms with E-state index in [1.54, 1.807) is 12.1 Å². The lowest BCUT2D eigenvalue weighted by molar-refractivity contribution is 0.171. The Morgan fingerprint density at radius 1 is 1.29 bits per heavy atom. The van der Waals surface area contributed by atoms with Gasteiger partial charge < -0.3 is 10.1 Å². The second-order valence-electron chi connectivity index (χ2n) is 4.54. The summed E-state index contributed by atoms with van der Waals surface area (Å²) in [6.07, 6.45) is 0.989. The Balaban J connectivity index is 2.11. The van der Waals surface area contributed by atoms with E-state index in [2.05, 4.69) is 12.2 Å². The third kappa shape index (κ3) is 3.07. The van der Waals surface area contributed by atoms with E-state index in [1.807, 2.05) is 0 Å². The first-order valence-corrected chi connectivity index (χ1v) is 6.60. The lowest BCUT2D eigenvalue weighted by Crippen LogP contribution is -2.42. The predicted octanol–water partition coefficient (Wildman–Crippen LogP) is 3.92. The van der Waals surface area contributed by atoms with Crippen molar-refractivity contribution in [3.05, 3.63) is 32.8 Å². The molecule has 1 N–H and O–H groups in total. The van der Waals surface area contributed by atoms with Crippen molar-refractivity contribution >= 4 is 34.8 Å². The minimum atomic E-state index is -0.00498. The van der Waals surface area contributed by atoms with Crippen LogP contribution in [0.3, 0.4) is 0 Å². The summed E-state index contributed by atoms with van der Waals surface area (Å²) in [4.78, 5) is 0. The number of nitrogens with one attached hydrogen (secondary N) is 1. The summed E-state index contributed by atoms with van der Waals surface area (Å²) in [5.74, 6) is 0. The van der Waals surface area contributed by atoms with Gasteiger partial charge >= 0.3 is 0 Å². The summed E-state index contributed by atoms with van der Waals surface area (Å²) in [6, 6.07) is 3.47. The Labute approximate surface area is 116 Å². The fourth-order valence-corrected chi connectivity index (χ4v) is 2.52. The minimum absolute atomic E-state index is 0.00498. The normalized spacial score (nSPS) is 24.2. The number of halogens is 3. The molecule has 0 aliphatic carbocycles. The number of hydrogen-bond acceptors (Lipinski definition) is 2. The molecule has 0 spiro atoms. The highest BCUT2D eigenvalue weighted by Crippen LogP contribution is 2.32. The van der Waals surface area contributed by atoms with Crippen LogP contribution in [0.2, 0.25) is 15.1 Å². The van der Waals surface area contributed by atoms with E-state index in [-0.39, 0.29) is 5.54 Å². The molecule has 0 amide bonds. The molecule has 2 nitrogen and oxygen atoms in total. The van der Waals surface area contributed by atoms with E-state index in [0.717, 1.165) is 18.6 Å². The second-order valence-corrected chi connectivity index (χ2v) is 5.73. The van der Waals surface area contributed by atoms with Crippen molar-refractivity contribution in [2.45, 2.75) is 25.4 Å². The van der Waals surface area contributed by atoms with Crippen LogP contribution in [0.25, 0.3) is 0 Å². The molecule has 1 aliphatic rings. The molecule has 0 saturated carbocycles. The maximum atomic E-state index is 6.14. The van der Waals surface area contributed by atoms with Crippen molar-refractivity contribution in [3.8, 4) is 0 Å². The maximum absolute atomic E-state index is 6.14. The van der Waals surface area contributed by atoms with Gasteiger partial charge in [-0.1, -0.05) is 34.8 Å². The van der Waals surface area contributed by atoms with E-state index in [9.17, 15) is 0 Å². The molecule has 17 heavy (non-hydrogen) atoms. The molecule has 1 saturated heterocycles. The Morgan fingerprint density at radius 3 is 2.65 bits per heavy atom. The SMILES string of the molecule is CC1(NCc2c(Cl)ccc(Cl)c2Cl)CCOC1. The molecule has 1 atom stereocenters. The Morgan fingerprint density at radius 2 is 2.00 bits per heavy atom. The summed E-state index contributed by atoms with van der Waals surface area (Å²) in [6.45, 7) is 4.23. The molecular formula is C12H14Cl3NO. The molecular weight excluding hydrogens is 280 g/mol. The second kappa shape index (κ2) is 5.33. The van der Waals surface area contributed by atoms with Gasteiger partial charge in [-0.25, -0.2) is 0 Å². The van der Waals surface area contributed by atoms with E-state index in [4.69, 9.17) is 39.5 Å². The zero-order valence-corrected chi connectivity index (χ0v) is 11.8. The molecule has 1 fully saturated rings. The molecule has 1 unspecified atom stereocenters. The first-order valence-electron chi connectivity index (χ1n) is 5.47. The summed E-state index contributed by atoms with van der Waals surface area (Å²) in [5.41, 5.74) is 0.837. The van der Waals surface area contributed by atoms with E-state index >= 15 is 0 Å². The monoisotopic (exact) mass is 293 g/mol. The van der Waals surface area contributed by atoms with Gasteiger partial charge in [0.2, 0.25) is 0 Å². The van der Waals surface area contributed by atoms with Gasteiger partial charge in [-0.3, -0.25) is 0 Å². The topological polar surface area (TPSA) is 21.3 Å². The highest BCUT2D eigenvalue weighted by Gasteiger charge is 2.29. The van der Waals surface area contributed by atoms with Crippen LogP contribution in [-0.4, -0.2) is 18.8 Å². The van der Waals surface area contributed by atoms with E-state index in [0.29, 0.717) is 28.2 Å². The zero-order chi connectivity index (χ0) is 12.5. The Kier molecular flexibility index (Phi) is 4.22. The summed E-state index contributed by atoms with van der Waals surface area (Å²) < 4.78 is 5.38. The molecule has 0 bridgehead atoms. The standard InChI is InChI=1S/C12H14Cl3NO/c1-12(4-5-17-7-12)16-6-8-9(13)2-3-10(14)11(8)15/h2-3,16H,4-7H2,1H3. The average molecular weight is 295 g/mol. The summed E-state index contributed by atoms with van der Waals surface area (Å²) in [5, 5.41) is 5.12. The van der Waals surface area contributed by atoms with Crippen molar-refractivity contribution in [3.63, 3.8) is 0 Å². The fourth-order valence-electron chi connectivity index (χ4n) is 1.84. The van der Waals surface area contributed by atoms with Crippen LogP contribution in [-0.2, 0) is 11.3 Å². The number of ether oxygens (including phenoxy) is 1. The Hall–Kier alpha value is 0.01000. The number of rotatable bonds is 3. The van der Waals surface area contributed by atoms with Crippen LogP contribution in [0.15, 0.2) is 12.1 Å². The first-order chi connectivity index (χ1) is 8.02. The molecule has 94 valence electrons. The minimum Gasteiger partial charge on any atom is -0.379 e. The van der Waals surface area contributed by atoms with E-state index in [1.165, 1.54) is 0 Å². The van der Waals surface area contributed by atoms with Crippen molar-refractivity contribution in [1.29, 1.82) is 0 Å². The number of benzene rings is 1. The first kappa shape index (κ1) is 13.4. The van der Waals surface area contributed by atoms with Crippen LogP contribution >= 0.6 is 34.8 Å². The van der Waals surface area contributed by atoms with Gasteiger partial charge in [-0.2, -0.15) is 0 Å². The Bertz CT molecular complexity index is 416. The summed E-state index contributed by atoms with van der Waals surface area (Å²) in [7, 11) is 0.